The molecule has 1 aromatic rings. The van der Waals surface area contributed by atoms with Crippen LogP contribution in [0.25, 0.3) is 0 Å². The number of rotatable bonds is 2. The van der Waals surface area contributed by atoms with E-state index in [-0.39, 0.29) is 5.91 Å². The molecule has 0 unspecified atom stereocenters. The Bertz CT molecular complexity index is 310. The maximum absolute atomic E-state index is 11.0. The average Bonchev–Trinajstić information content (AvgIpc) is 2.16. The first-order valence-corrected chi connectivity index (χ1v) is 4.17. The van der Waals surface area contributed by atoms with E-state index in [1.54, 1.807) is 18.9 Å². The first-order valence-electron chi connectivity index (χ1n) is 4.17. The maximum atomic E-state index is 11.0. The van der Waals surface area contributed by atoms with E-state index in [9.17, 15) is 4.79 Å². The predicted molar refractivity (Wildman–Crippen MR) is 55.1 cm³/mol. The Morgan fingerprint density at radius 1 is 1.46 bits per heavy atom. The van der Waals surface area contributed by atoms with Gasteiger partial charge in [-0.2, -0.15) is 0 Å². The second-order valence-corrected chi connectivity index (χ2v) is 2.88. The average molecular weight is 178 g/mol. The van der Waals surface area contributed by atoms with Gasteiger partial charge in [-0.05, 0) is 18.2 Å². The Labute approximate surface area is 78.4 Å². The quantitative estimate of drug-likeness (QED) is 0.747. The summed E-state index contributed by atoms with van der Waals surface area (Å²) in [5, 5.41) is 3.02. The van der Waals surface area contributed by atoms with Gasteiger partial charge < -0.3 is 10.2 Å². The lowest BCUT2D eigenvalue weighted by atomic mass is 10.2. The standard InChI is InChI=1S/C10H14N2O/c1-8(13)12(3)10-6-4-5-9(7-10)11-2/h4-7,11H,1-3H3. The Kier molecular flexibility index (Phi) is 2.90. The summed E-state index contributed by atoms with van der Waals surface area (Å²) in [6.07, 6.45) is 0. The molecule has 3 heteroatoms. The molecular weight excluding hydrogens is 164 g/mol. The van der Waals surface area contributed by atoms with Crippen molar-refractivity contribution in [1.29, 1.82) is 0 Å². The van der Waals surface area contributed by atoms with Crippen molar-refractivity contribution in [2.24, 2.45) is 0 Å². The first-order chi connectivity index (χ1) is 6.15. The molecule has 0 saturated heterocycles. The molecule has 0 atom stereocenters. The van der Waals surface area contributed by atoms with Crippen LogP contribution < -0.4 is 10.2 Å². The SMILES string of the molecule is CNc1cccc(N(C)C(C)=O)c1. The molecule has 1 amide bonds. The number of benzene rings is 1. The first kappa shape index (κ1) is 9.58. The number of nitrogens with one attached hydrogen (secondary N) is 1. The summed E-state index contributed by atoms with van der Waals surface area (Å²) >= 11 is 0. The molecule has 3 nitrogen and oxygen atoms in total. The molecule has 0 spiro atoms. The van der Waals surface area contributed by atoms with Crippen molar-refractivity contribution in [3.63, 3.8) is 0 Å². The van der Waals surface area contributed by atoms with Gasteiger partial charge in [-0.1, -0.05) is 6.07 Å². The Balaban J connectivity index is 2.94. The van der Waals surface area contributed by atoms with Crippen molar-refractivity contribution in [1.82, 2.24) is 0 Å². The van der Waals surface area contributed by atoms with Gasteiger partial charge in [-0.3, -0.25) is 4.79 Å². The minimum atomic E-state index is 0.0354. The zero-order valence-electron chi connectivity index (χ0n) is 8.16. The number of amides is 1. The van der Waals surface area contributed by atoms with Crippen LogP contribution in [-0.4, -0.2) is 20.0 Å². The van der Waals surface area contributed by atoms with Gasteiger partial charge in [0.1, 0.15) is 0 Å². The van der Waals surface area contributed by atoms with Gasteiger partial charge in [0.15, 0.2) is 0 Å². The van der Waals surface area contributed by atoms with Gasteiger partial charge in [0.05, 0.1) is 0 Å². The molecule has 0 fully saturated rings. The fourth-order valence-corrected chi connectivity index (χ4v) is 1.05. The maximum Gasteiger partial charge on any atom is 0.223 e. The van der Waals surface area contributed by atoms with Gasteiger partial charge in [0.2, 0.25) is 5.91 Å². The van der Waals surface area contributed by atoms with Crippen molar-refractivity contribution >= 4 is 17.3 Å². The Morgan fingerprint density at radius 3 is 2.69 bits per heavy atom. The van der Waals surface area contributed by atoms with E-state index >= 15 is 0 Å². The van der Waals surface area contributed by atoms with Crippen molar-refractivity contribution < 1.29 is 4.79 Å². The second-order valence-electron chi connectivity index (χ2n) is 2.88. The van der Waals surface area contributed by atoms with Crippen LogP contribution in [0.5, 0.6) is 0 Å². The molecule has 1 N–H and O–H groups in total. The van der Waals surface area contributed by atoms with E-state index in [1.165, 1.54) is 0 Å². The zero-order valence-corrected chi connectivity index (χ0v) is 8.16. The molecule has 0 heterocycles. The summed E-state index contributed by atoms with van der Waals surface area (Å²) in [6, 6.07) is 7.71. The molecular formula is C10H14N2O. The summed E-state index contributed by atoms with van der Waals surface area (Å²) in [5.74, 6) is 0.0354. The molecule has 13 heavy (non-hydrogen) atoms. The third-order valence-electron chi connectivity index (χ3n) is 1.99. The summed E-state index contributed by atoms with van der Waals surface area (Å²) in [6.45, 7) is 1.55. The summed E-state index contributed by atoms with van der Waals surface area (Å²) in [7, 11) is 3.62. The van der Waals surface area contributed by atoms with E-state index in [1.807, 2.05) is 31.3 Å². The van der Waals surface area contributed by atoms with Crippen LogP contribution >= 0.6 is 0 Å². The van der Waals surface area contributed by atoms with Gasteiger partial charge in [-0.15, -0.1) is 0 Å². The minimum Gasteiger partial charge on any atom is -0.388 e. The summed E-state index contributed by atoms with van der Waals surface area (Å²) < 4.78 is 0. The molecule has 0 aliphatic heterocycles. The van der Waals surface area contributed by atoms with Crippen LogP contribution in [0.2, 0.25) is 0 Å². The fraction of sp³-hybridized carbons (Fsp3) is 0.300. The molecule has 0 bridgehead atoms. The van der Waals surface area contributed by atoms with Gasteiger partial charge in [0.25, 0.3) is 0 Å². The lowest BCUT2D eigenvalue weighted by Gasteiger charge is -2.15. The number of hydrogen-bond donors (Lipinski definition) is 1. The predicted octanol–water partition coefficient (Wildman–Crippen LogP) is 1.71. The van der Waals surface area contributed by atoms with E-state index in [2.05, 4.69) is 5.32 Å². The zero-order chi connectivity index (χ0) is 9.84. The molecule has 0 saturated carbocycles. The molecule has 0 radical (unpaired) electrons. The minimum absolute atomic E-state index is 0.0354. The monoisotopic (exact) mass is 178 g/mol. The smallest absolute Gasteiger partial charge is 0.223 e. The molecule has 1 rings (SSSR count). The second kappa shape index (κ2) is 3.94. The van der Waals surface area contributed by atoms with E-state index in [4.69, 9.17) is 0 Å². The van der Waals surface area contributed by atoms with Crippen LogP contribution in [-0.2, 0) is 4.79 Å². The fourth-order valence-electron chi connectivity index (χ4n) is 1.05. The third-order valence-corrected chi connectivity index (χ3v) is 1.99. The number of carbonyl (C=O) groups is 1. The highest BCUT2D eigenvalue weighted by Crippen LogP contribution is 2.17. The lowest BCUT2D eigenvalue weighted by molar-refractivity contribution is -0.116. The highest BCUT2D eigenvalue weighted by atomic mass is 16.2. The van der Waals surface area contributed by atoms with Crippen molar-refractivity contribution in [2.75, 3.05) is 24.3 Å². The largest absolute Gasteiger partial charge is 0.388 e. The molecule has 0 aliphatic carbocycles. The van der Waals surface area contributed by atoms with Crippen LogP contribution in [0.1, 0.15) is 6.92 Å². The van der Waals surface area contributed by atoms with E-state index in [0.29, 0.717) is 0 Å². The number of hydrogen-bond acceptors (Lipinski definition) is 2. The Hall–Kier alpha value is -1.51. The number of anilines is 2. The van der Waals surface area contributed by atoms with Crippen LogP contribution in [0, 0.1) is 0 Å². The topological polar surface area (TPSA) is 32.3 Å². The number of carbonyl (C=O) groups excluding carboxylic acids is 1. The highest BCUT2D eigenvalue weighted by Gasteiger charge is 2.04. The highest BCUT2D eigenvalue weighted by molar-refractivity contribution is 5.91. The lowest BCUT2D eigenvalue weighted by Crippen LogP contribution is -2.22. The molecule has 0 aromatic heterocycles. The van der Waals surface area contributed by atoms with Crippen molar-refractivity contribution in [2.45, 2.75) is 6.92 Å². The van der Waals surface area contributed by atoms with Crippen molar-refractivity contribution in [3.8, 4) is 0 Å². The van der Waals surface area contributed by atoms with Crippen LogP contribution in [0.15, 0.2) is 24.3 Å². The van der Waals surface area contributed by atoms with Gasteiger partial charge in [0, 0.05) is 32.4 Å². The summed E-state index contributed by atoms with van der Waals surface area (Å²) in [4.78, 5) is 12.7. The van der Waals surface area contributed by atoms with Gasteiger partial charge >= 0.3 is 0 Å². The Morgan fingerprint density at radius 2 is 2.15 bits per heavy atom. The normalized spacial score (nSPS) is 9.46. The molecule has 70 valence electrons. The summed E-state index contributed by atoms with van der Waals surface area (Å²) in [5.41, 5.74) is 1.91. The number of nitrogens with zero attached hydrogens (tertiary/aromatic N) is 1. The van der Waals surface area contributed by atoms with Gasteiger partial charge in [-0.25, -0.2) is 0 Å². The van der Waals surface area contributed by atoms with Crippen LogP contribution in [0.4, 0.5) is 11.4 Å². The van der Waals surface area contributed by atoms with E-state index in [0.717, 1.165) is 11.4 Å². The van der Waals surface area contributed by atoms with E-state index < -0.39 is 0 Å². The third kappa shape index (κ3) is 2.21. The molecule has 1 aromatic carbocycles. The van der Waals surface area contributed by atoms with Crippen molar-refractivity contribution in [3.05, 3.63) is 24.3 Å². The molecule has 0 aliphatic rings. The van der Waals surface area contributed by atoms with Crippen LogP contribution in [0.3, 0.4) is 0 Å².